The van der Waals surface area contributed by atoms with Gasteiger partial charge in [0.2, 0.25) is 0 Å². The van der Waals surface area contributed by atoms with Crippen molar-refractivity contribution >= 4 is 34.9 Å². The molecule has 3 rings (SSSR count). The van der Waals surface area contributed by atoms with Crippen LogP contribution in [0.5, 0.6) is 0 Å². The van der Waals surface area contributed by atoms with Gasteiger partial charge in [-0.15, -0.1) is 0 Å². The third kappa shape index (κ3) is 6.76. The van der Waals surface area contributed by atoms with Gasteiger partial charge in [-0.05, 0) is 42.6 Å². The van der Waals surface area contributed by atoms with Gasteiger partial charge in [0.15, 0.2) is 0 Å². The van der Waals surface area contributed by atoms with Gasteiger partial charge in [-0.1, -0.05) is 81.4 Å². The summed E-state index contributed by atoms with van der Waals surface area (Å²) in [7, 11) is -6.51. The Morgan fingerprint density at radius 2 is 1.44 bits per heavy atom. The second-order valence-corrected chi connectivity index (χ2v) is 17.3. The van der Waals surface area contributed by atoms with E-state index in [9.17, 15) is 13.2 Å². The molecule has 1 saturated heterocycles. The number of carbonyl (C=O) groups is 1. The van der Waals surface area contributed by atoms with Crippen LogP contribution in [0, 0.1) is 0 Å². The van der Waals surface area contributed by atoms with Gasteiger partial charge in [0, 0.05) is 0 Å². The maximum Gasteiger partial charge on any atom is 0.410 e. The Kier molecular flexibility index (Phi) is 8.39. The molecule has 0 radical (unpaired) electrons. The number of benzene rings is 2. The van der Waals surface area contributed by atoms with Crippen LogP contribution in [0.3, 0.4) is 0 Å². The molecule has 2 aromatic carbocycles. The van der Waals surface area contributed by atoms with Crippen molar-refractivity contribution in [1.82, 2.24) is 4.90 Å². The van der Waals surface area contributed by atoms with Crippen molar-refractivity contribution in [2.45, 2.75) is 70.7 Å². The van der Waals surface area contributed by atoms with Crippen molar-refractivity contribution < 1.29 is 26.6 Å². The molecule has 9 heteroatoms. The SMILES string of the molecule is CC(C)(C)OC(=O)N1C[C@H](OS(C)(=O)=O)C[C@@H]1CO[Si](c1ccccc1)(c1ccccc1)C(C)(C)C. The Morgan fingerprint density at radius 3 is 1.86 bits per heavy atom. The van der Waals surface area contributed by atoms with E-state index in [1.165, 1.54) is 0 Å². The summed E-state index contributed by atoms with van der Waals surface area (Å²) < 4.78 is 41.6. The average molecular weight is 534 g/mol. The Labute approximate surface area is 217 Å². The Morgan fingerprint density at radius 1 is 0.944 bits per heavy atom. The van der Waals surface area contributed by atoms with Gasteiger partial charge in [0.25, 0.3) is 18.4 Å². The van der Waals surface area contributed by atoms with Gasteiger partial charge in [-0.3, -0.25) is 4.18 Å². The molecule has 7 nitrogen and oxygen atoms in total. The van der Waals surface area contributed by atoms with Crippen molar-refractivity contribution in [3.05, 3.63) is 60.7 Å². The first kappa shape index (κ1) is 28.4. The molecule has 2 atom stereocenters. The van der Waals surface area contributed by atoms with Crippen molar-refractivity contribution in [3.8, 4) is 0 Å². The van der Waals surface area contributed by atoms with Gasteiger partial charge in [0.1, 0.15) is 5.60 Å². The molecule has 0 N–H and O–H groups in total. The minimum atomic E-state index is -3.68. The lowest BCUT2D eigenvalue weighted by Gasteiger charge is -2.44. The monoisotopic (exact) mass is 533 g/mol. The second-order valence-electron chi connectivity index (χ2n) is 11.4. The molecule has 1 aliphatic heterocycles. The molecule has 2 aromatic rings. The first-order chi connectivity index (χ1) is 16.6. The van der Waals surface area contributed by atoms with Crippen LogP contribution in [0.25, 0.3) is 0 Å². The van der Waals surface area contributed by atoms with E-state index in [4.69, 9.17) is 13.3 Å². The normalized spacial score (nSPS) is 19.4. The molecule has 0 unspecified atom stereocenters. The first-order valence-corrected chi connectivity index (χ1v) is 16.0. The fourth-order valence-electron chi connectivity index (χ4n) is 4.88. The molecule has 0 aromatic heterocycles. The number of amides is 1. The summed E-state index contributed by atoms with van der Waals surface area (Å²) in [4.78, 5) is 14.7. The molecular formula is C27H39NO6SSi. The van der Waals surface area contributed by atoms with E-state index in [-0.39, 0.29) is 18.2 Å². The molecule has 36 heavy (non-hydrogen) atoms. The minimum Gasteiger partial charge on any atom is -0.444 e. The zero-order valence-electron chi connectivity index (χ0n) is 22.4. The van der Waals surface area contributed by atoms with E-state index in [0.29, 0.717) is 6.42 Å². The molecule has 1 aliphatic rings. The van der Waals surface area contributed by atoms with Crippen LogP contribution in [-0.2, 0) is 23.5 Å². The molecule has 0 saturated carbocycles. The maximum absolute atomic E-state index is 13.1. The highest BCUT2D eigenvalue weighted by atomic mass is 32.2. The summed E-state index contributed by atoms with van der Waals surface area (Å²) in [6, 6.07) is 20.1. The van der Waals surface area contributed by atoms with Crippen LogP contribution >= 0.6 is 0 Å². The van der Waals surface area contributed by atoms with Crippen molar-refractivity contribution in [3.63, 3.8) is 0 Å². The van der Waals surface area contributed by atoms with Crippen molar-refractivity contribution in [2.75, 3.05) is 19.4 Å². The summed E-state index contributed by atoms with van der Waals surface area (Å²) in [5.74, 6) is 0. The number of hydrogen-bond acceptors (Lipinski definition) is 6. The molecule has 1 fully saturated rings. The number of hydrogen-bond donors (Lipinski definition) is 0. The molecule has 0 aliphatic carbocycles. The van der Waals surface area contributed by atoms with Crippen LogP contribution in [-0.4, -0.2) is 64.9 Å². The summed E-state index contributed by atoms with van der Waals surface area (Å²) in [6.45, 7) is 12.3. The largest absolute Gasteiger partial charge is 0.444 e. The van der Waals surface area contributed by atoms with E-state index in [1.54, 1.807) is 25.7 Å². The first-order valence-electron chi connectivity index (χ1n) is 12.3. The van der Waals surface area contributed by atoms with Crippen LogP contribution in [0.2, 0.25) is 5.04 Å². The van der Waals surface area contributed by atoms with E-state index in [2.05, 4.69) is 45.0 Å². The lowest BCUT2D eigenvalue weighted by Crippen LogP contribution is -2.67. The zero-order valence-corrected chi connectivity index (χ0v) is 24.2. The predicted octanol–water partition coefficient (Wildman–Crippen LogP) is 3.92. The smallest absolute Gasteiger partial charge is 0.410 e. The predicted molar refractivity (Wildman–Crippen MR) is 145 cm³/mol. The van der Waals surface area contributed by atoms with Gasteiger partial charge in [-0.2, -0.15) is 8.42 Å². The number of nitrogens with zero attached hydrogens (tertiary/aromatic N) is 1. The third-order valence-corrected chi connectivity index (χ3v) is 11.9. The van der Waals surface area contributed by atoms with Crippen LogP contribution in [0.15, 0.2) is 60.7 Å². The Hall–Kier alpha value is -2.20. The van der Waals surface area contributed by atoms with Crippen LogP contribution in [0.4, 0.5) is 4.79 Å². The number of carbonyl (C=O) groups excluding carboxylic acids is 1. The summed E-state index contributed by atoms with van der Waals surface area (Å²) >= 11 is 0. The summed E-state index contributed by atoms with van der Waals surface area (Å²) in [5, 5.41) is 2.04. The van der Waals surface area contributed by atoms with E-state index >= 15 is 0 Å². The average Bonchev–Trinajstić information content (AvgIpc) is 3.14. The quantitative estimate of drug-likeness (QED) is 0.396. The van der Waals surface area contributed by atoms with E-state index in [0.717, 1.165) is 16.6 Å². The number of ether oxygens (including phenoxy) is 1. The highest BCUT2D eigenvalue weighted by Gasteiger charge is 2.51. The van der Waals surface area contributed by atoms with Crippen LogP contribution in [0.1, 0.15) is 48.0 Å². The molecule has 1 amide bonds. The Balaban J connectivity index is 1.99. The van der Waals surface area contributed by atoms with E-state index in [1.807, 2.05) is 36.4 Å². The molecule has 0 bridgehead atoms. The Bertz CT molecular complexity index is 1090. The molecule has 198 valence electrons. The molecule has 1 heterocycles. The van der Waals surface area contributed by atoms with Gasteiger partial charge < -0.3 is 14.1 Å². The maximum atomic E-state index is 13.1. The highest BCUT2D eigenvalue weighted by molar-refractivity contribution is 7.86. The third-order valence-electron chi connectivity index (χ3n) is 6.22. The van der Waals surface area contributed by atoms with Gasteiger partial charge in [-0.25, -0.2) is 4.79 Å². The fraction of sp³-hybridized carbons (Fsp3) is 0.519. The molecule has 0 spiro atoms. The summed E-state index contributed by atoms with van der Waals surface area (Å²) in [5.41, 5.74) is -0.684. The van der Waals surface area contributed by atoms with Gasteiger partial charge >= 0.3 is 6.09 Å². The van der Waals surface area contributed by atoms with E-state index < -0.39 is 42.3 Å². The number of rotatable bonds is 7. The zero-order chi connectivity index (χ0) is 26.8. The van der Waals surface area contributed by atoms with Crippen molar-refractivity contribution in [1.29, 1.82) is 0 Å². The summed E-state index contributed by atoms with van der Waals surface area (Å²) in [6.07, 6.45) is 0.208. The fourth-order valence-corrected chi connectivity index (χ4v) is 10.1. The van der Waals surface area contributed by atoms with Crippen LogP contribution < -0.4 is 10.4 Å². The number of likely N-dealkylation sites (tertiary alicyclic amines) is 1. The highest BCUT2D eigenvalue weighted by Crippen LogP contribution is 2.37. The van der Waals surface area contributed by atoms with Crippen molar-refractivity contribution in [2.24, 2.45) is 0 Å². The lowest BCUT2D eigenvalue weighted by molar-refractivity contribution is 0.0173. The second kappa shape index (κ2) is 10.7. The molecular weight excluding hydrogens is 494 g/mol. The topological polar surface area (TPSA) is 82.1 Å². The van der Waals surface area contributed by atoms with Gasteiger partial charge in [0.05, 0.1) is 31.6 Å². The minimum absolute atomic E-state index is 0.122. The lowest BCUT2D eigenvalue weighted by atomic mass is 10.2. The standard InChI is InChI=1S/C27H39NO6SSi/c1-26(2,3)33-25(29)28-19-22(34-35(7,30)31)18-21(28)20-32-36(27(4,5)6,23-14-10-8-11-15-23)24-16-12-9-13-17-24/h8-17,21-22H,18-20H2,1-7H3/t21-,22-/m1/s1.